The number of aliphatic hydroxyl groups excluding tert-OH is 2. The van der Waals surface area contributed by atoms with Gasteiger partial charge in [-0.2, -0.15) is 12.6 Å². The van der Waals surface area contributed by atoms with Crippen molar-refractivity contribution in [1.29, 1.82) is 0 Å². The highest BCUT2D eigenvalue weighted by molar-refractivity contribution is 7.80. The number of fused-ring (bicyclic) bond motifs is 1. The van der Waals surface area contributed by atoms with E-state index >= 15 is 0 Å². The first-order valence-corrected chi connectivity index (χ1v) is 5.75. The fourth-order valence-corrected chi connectivity index (χ4v) is 1.90. The zero-order valence-corrected chi connectivity index (χ0v) is 9.56. The molecule has 2 aromatic rings. The predicted octanol–water partition coefficient (Wildman–Crippen LogP) is 1.28. The summed E-state index contributed by atoms with van der Waals surface area (Å²) in [6.07, 6.45) is 2.12. The van der Waals surface area contributed by atoms with Gasteiger partial charge in [-0.25, -0.2) is 4.98 Å². The van der Waals surface area contributed by atoms with Gasteiger partial charge in [0.2, 0.25) is 0 Å². The number of hydrogen-bond donors (Lipinski definition) is 4. The van der Waals surface area contributed by atoms with Gasteiger partial charge in [0.25, 0.3) is 0 Å². The van der Waals surface area contributed by atoms with Crippen molar-refractivity contribution in [2.45, 2.75) is 18.6 Å². The first kappa shape index (κ1) is 11.4. The van der Waals surface area contributed by atoms with Gasteiger partial charge in [-0.3, -0.25) is 0 Å². The Morgan fingerprint density at radius 2 is 2.25 bits per heavy atom. The number of aromatic nitrogens is 2. The van der Waals surface area contributed by atoms with Gasteiger partial charge in [-0.1, -0.05) is 0 Å². The number of nitrogens with zero attached hydrogens (tertiary/aromatic N) is 1. The standard InChI is InChI=1S/C11H14N2O2S/c14-9(2-4-16)10(15)8-5-7-1-3-12-11(7)13-6-8/h1,3,5-6,9-10,14-16H,2,4H2,(H,12,13). The minimum absolute atomic E-state index is 0.454. The lowest BCUT2D eigenvalue weighted by Gasteiger charge is -2.16. The fraction of sp³-hybridized carbons (Fsp3) is 0.364. The number of nitrogens with one attached hydrogen (secondary N) is 1. The van der Waals surface area contributed by atoms with Crippen LogP contribution in [0.4, 0.5) is 0 Å². The Kier molecular flexibility index (Phi) is 3.48. The fourth-order valence-electron chi connectivity index (χ4n) is 1.63. The van der Waals surface area contributed by atoms with E-state index in [9.17, 15) is 10.2 Å². The second kappa shape index (κ2) is 4.86. The van der Waals surface area contributed by atoms with Gasteiger partial charge >= 0.3 is 0 Å². The third-order valence-electron chi connectivity index (χ3n) is 2.55. The second-order valence-corrected chi connectivity index (χ2v) is 4.16. The number of pyridine rings is 1. The number of rotatable bonds is 4. The summed E-state index contributed by atoms with van der Waals surface area (Å²) in [7, 11) is 0. The Morgan fingerprint density at radius 3 is 3.00 bits per heavy atom. The smallest absolute Gasteiger partial charge is 0.137 e. The van der Waals surface area contributed by atoms with Crippen molar-refractivity contribution in [3.8, 4) is 0 Å². The number of thiol groups is 1. The highest BCUT2D eigenvalue weighted by Crippen LogP contribution is 2.21. The normalized spacial score (nSPS) is 15.2. The Morgan fingerprint density at radius 1 is 1.44 bits per heavy atom. The molecule has 0 fully saturated rings. The van der Waals surface area contributed by atoms with E-state index in [2.05, 4.69) is 22.6 Å². The van der Waals surface area contributed by atoms with Gasteiger partial charge in [0.1, 0.15) is 11.8 Å². The lowest BCUT2D eigenvalue weighted by atomic mass is 10.0. The van der Waals surface area contributed by atoms with E-state index < -0.39 is 12.2 Å². The summed E-state index contributed by atoms with van der Waals surface area (Å²) in [6.45, 7) is 0. The molecule has 86 valence electrons. The van der Waals surface area contributed by atoms with Crippen LogP contribution in [-0.4, -0.2) is 32.0 Å². The molecule has 0 saturated carbocycles. The van der Waals surface area contributed by atoms with E-state index in [1.807, 2.05) is 12.1 Å². The molecule has 2 aromatic heterocycles. The molecule has 0 aliphatic heterocycles. The number of hydrogen-bond acceptors (Lipinski definition) is 4. The molecule has 0 saturated heterocycles. The minimum atomic E-state index is -0.904. The van der Waals surface area contributed by atoms with Crippen molar-refractivity contribution in [2.75, 3.05) is 5.75 Å². The topological polar surface area (TPSA) is 69.1 Å². The van der Waals surface area contributed by atoms with E-state index in [-0.39, 0.29) is 0 Å². The Hall–Kier alpha value is -1.04. The van der Waals surface area contributed by atoms with Gasteiger partial charge in [-0.15, -0.1) is 0 Å². The zero-order chi connectivity index (χ0) is 11.5. The van der Waals surface area contributed by atoms with Gasteiger partial charge in [0, 0.05) is 23.3 Å². The summed E-state index contributed by atoms with van der Waals surface area (Å²) >= 11 is 4.02. The first-order chi connectivity index (χ1) is 7.72. The third kappa shape index (κ3) is 2.21. The van der Waals surface area contributed by atoms with E-state index in [4.69, 9.17) is 0 Å². The first-order valence-electron chi connectivity index (χ1n) is 5.12. The average molecular weight is 238 g/mol. The van der Waals surface area contributed by atoms with Crippen molar-refractivity contribution >= 4 is 23.7 Å². The minimum Gasteiger partial charge on any atom is -0.390 e. The number of aliphatic hydroxyl groups is 2. The molecule has 0 bridgehead atoms. The van der Waals surface area contributed by atoms with Crippen LogP contribution in [0.25, 0.3) is 11.0 Å². The molecule has 2 atom stereocenters. The molecule has 2 unspecified atom stereocenters. The molecular weight excluding hydrogens is 224 g/mol. The maximum atomic E-state index is 9.88. The molecule has 3 N–H and O–H groups in total. The van der Waals surface area contributed by atoms with Crippen molar-refractivity contribution in [3.63, 3.8) is 0 Å². The molecule has 0 aromatic carbocycles. The SMILES string of the molecule is OC(CCS)C(O)c1cnc2[nH]ccc2c1. The van der Waals surface area contributed by atoms with E-state index in [1.54, 1.807) is 12.4 Å². The van der Waals surface area contributed by atoms with Crippen LogP contribution in [0.5, 0.6) is 0 Å². The molecular formula is C11H14N2O2S. The summed E-state index contributed by atoms with van der Waals surface area (Å²) in [5.74, 6) is 0.540. The highest BCUT2D eigenvalue weighted by Gasteiger charge is 2.18. The van der Waals surface area contributed by atoms with Crippen LogP contribution in [0.3, 0.4) is 0 Å². The van der Waals surface area contributed by atoms with Gasteiger partial charge < -0.3 is 15.2 Å². The van der Waals surface area contributed by atoms with Gasteiger partial charge in [0.15, 0.2) is 0 Å². The van der Waals surface area contributed by atoms with Crippen LogP contribution >= 0.6 is 12.6 Å². The Balaban J connectivity index is 2.24. The summed E-state index contributed by atoms with van der Waals surface area (Å²) in [5.41, 5.74) is 1.40. The molecule has 0 radical (unpaired) electrons. The highest BCUT2D eigenvalue weighted by atomic mass is 32.1. The van der Waals surface area contributed by atoms with Crippen molar-refractivity contribution in [3.05, 3.63) is 30.1 Å². The molecule has 0 amide bonds. The summed E-state index contributed by atoms with van der Waals surface area (Å²) < 4.78 is 0. The van der Waals surface area contributed by atoms with Crippen LogP contribution in [0.2, 0.25) is 0 Å². The lowest BCUT2D eigenvalue weighted by molar-refractivity contribution is 0.0171. The van der Waals surface area contributed by atoms with Crippen LogP contribution in [0.15, 0.2) is 24.5 Å². The number of H-pyrrole nitrogens is 1. The molecule has 16 heavy (non-hydrogen) atoms. The largest absolute Gasteiger partial charge is 0.390 e. The van der Waals surface area contributed by atoms with Crippen molar-refractivity contribution < 1.29 is 10.2 Å². The summed E-state index contributed by atoms with van der Waals surface area (Å²) in [4.78, 5) is 7.13. The monoisotopic (exact) mass is 238 g/mol. The molecule has 5 heteroatoms. The molecule has 0 spiro atoms. The molecule has 2 rings (SSSR count). The average Bonchev–Trinajstić information content (AvgIpc) is 2.75. The molecule has 4 nitrogen and oxygen atoms in total. The number of aromatic amines is 1. The third-order valence-corrected chi connectivity index (χ3v) is 2.81. The van der Waals surface area contributed by atoms with Crippen LogP contribution in [0, 0.1) is 0 Å². The summed E-state index contributed by atoms with van der Waals surface area (Å²) in [5, 5.41) is 20.5. The predicted molar refractivity (Wildman–Crippen MR) is 65.5 cm³/mol. The van der Waals surface area contributed by atoms with Crippen LogP contribution in [0.1, 0.15) is 18.1 Å². The lowest BCUT2D eigenvalue weighted by Crippen LogP contribution is -2.18. The van der Waals surface area contributed by atoms with Crippen molar-refractivity contribution in [1.82, 2.24) is 9.97 Å². The van der Waals surface area contributed by atoms with E-state index in [1.165, 1.54) is 0 Å². The molecule has 0 aliphatic rings. The van der Waals surface area contributed by atoms with E-state index in [0.29, 0.717) is 17.7 Å². The summed E-state index contributed by atoms with van der Waals surface area (Å²) in [6, 6.07) is 3.70. The maximum Gasteiger partial charge on any atom is 0.137 e. The molecule has 2 heterocycles. The van der Waals surface area contributed by atoms with Crippen molar-refractivity contribution in [2.24, 2.45) is 0 Å². The van der Waals surface area contributed by atoms with Crippen LogP contribution in [-0.2, 0) is 0 Å². The Labute approximate surface area is 98.7 Å². The molecule has 0 aliphatic carbocycles. The maximum absolute atomic E-state index is 9.88. The van der Waals surface area contributed by atoms with Crippen LogP contribution < -0.4 is 0 Å². The van der Waals surface area contributed by atoms with E-state index in [0.717, 1.165) is 11.0 Å². The quantitative estimate of drug-likeness (QED) is 0.606. The zero-order valence-electron chi connectivity index (χ0n) is 8.67. The van der Waals surface area contributed by atoms with Gasteiger partial charge in [0.05, 0.1) is 6.10 Å². The Bertz CT molecular complexity index is 472. The second-order valence-electron chi connectivity index (χ2n) is 3.71. The van der Waals surface area contributed by atoms with Gasteiger partial charge in [-0.05, 0) is 24.3 Å².